The van der Waals surface area contributed by atoms with Gasteiger partial charge in [-0.1, -0.05) is 0 Å². The zero-order chi connectivity index (χ0) is 14.0. The highest BCUT2D eigenvalue weighted by Crippen LogP contribution is 2.38. The van der Waals surface area contributed by atoms with E-state index in [9.17, 15) is 4.79 Å². The van der Waals surface area contributed by atoms with Crippen LogP contribution in [0.5, 0.6) is 0 Å². The van der Waals surface area contributed by atoms with Crippen LogP contribution >= 0.6 is 0 Å². The smallest absolute Gasteiger partial charge is 0.303 e. The van der Waals surface area contributed by atoms with Crippen LogP contribution in [0.4, 0.5) is 0 Å². The van der Waals surface area contributed by atoms with E-state index in [2.05, 4.69) is 0 Å². The quantitative estimate of drug-likeness (QED) is 0.893. The SMILES string of the molecule is Cc1ccc(C(C)(CCC(=O)O)c2ccc(C)o2)o1. The van der Waals surface area contributed by atoms with Crippen molar-refractivity contribution in [2.24, 2.45) is 0 Å². The molecule has 19 heavy (non-hydrogen) atoms. The van der Waals surface area contributed by atoms with Gasteiger partial charge in [-0.2, -0.15) is 0 Å². The normalized spacial score (nSPS) is 11.7. The molecule has 0 amide bonds. The van der Waals surface area contributed by atoms with Crippen molar-refractivity contribution in [2.75, 3.05) is 0 Å². The summed E-state index contributed by atoms with van der Waals surface area (Å²) in [6.07, 6.45) is 0.498. The van der Waals surface area contributed by atoms with Crippen molar-refractivity contribution < 1.29 is 18.7 Å². The summed E-state index contributed by atoms with van der Waals surface area (Å²) in [4.78, 5) is 10.9. The molecular formula is C15H18O4. The minimum Gasteiger partial charge on any atom is -0.481 e. The minimum atomic E-state index is -0.821. The van der Waals surface area contributed by atoms with Crippen LogP contribution in [0, 0.1) is 13.8 Å². The molecule has 0 bridgehead atoms. The molecule has 2 rings (SSSR count). The van der Waals surface area contributed by atoms with Gasteiger partial charge in [0.05, 0.1) is 5.41 Å². The number of hydrogen-bond donors (Lipinski definition) is 1. The van der Waals surface area contributed by atoms with Gasteiger partial charge in [0.2, 0.25) is 0 Å². The molecule has 0 unspecified atom stereocenters. The van der Waals surface area contributed by atoms with Crippen LogP contribution in [0.1, 0.15) is 42.8 Å². The van der Waals surface area contributed by atoms with Gasteiger partial charge in [0, 0.05) is 6.42 Å². The molecule has 0 saturated heterocycles. The van der Waals surface area contributed by atoms with Gasteiger partial charge in [-0.15, -0.1) is 0 Å². The first-order valence-electron chi connectivity index (χ1n) is 6.27. The second-order valence-electron chi connectivity index (χ2n) is 5.05. The molecule has 2 aromatic heterocycles. The Morgan fingerprint density at radius 2 is 1.58 bits per heavy atom. The maximum atomic E-state index is 10.9. The standard InChI is InChI=1S/C15H18O4/c1-10-4-6-12(18-10)15(3,9-8-14(16)17)13-7-5-11(2)19-13/h4-7H,8-9H2,1-3H3,(H,16,17). The number of aryl methyl sites for hydroxylation is 2. The molecule has 0 aromatic carbocycles. The van der Waals surface area contributed by atoms with Gasteiger partial charge < -0.3 is 13.9 Å². The molecule has 0 aliphatic heterocycles. The number of aliphatic carboxylic acids is 1. The van der Waals surface area contributed by atoms with E-state index in [1.807, 2.05) is 45.0 Å². The molecule has 0 fully saturated rings. The summed E-state index contributed by atoms with van der Waals surface area (Å²) in [5.74, 6) is 2.26. The lowest BCUT2D eigenvalue weighted by atomic mass is 9.80. The number of rotatable bonds is 5. The maximum Gasteiger partial charge on any atom is 0.303 e. The molecule has 0 atom stereocenters. The average molecular weight is 262 g/mol. The molecular weight excluding hydrogens is 244 g/mol. The van der Waals surface area contributed by atoms with E-state index in [0.717, 1.165) is 23.0 Å². The van der Waals surface area contributed by atoms with E-state index in [1.165, 1.54) is 0 Å². The van der Waals surface area contributed by atoms with Gasteiger partial charge in [0.25, 0.3) is 0 Å². The molecule has 0 spiro atoms. The third-order valence-corrected chi connectivity index (χ3v) is 3.41. The lowest BCUT2D eigenvalue weighted by molar-refractivity contribution is -0.137. The van der Waals surface area contributed by atoms with Crippen molar-refractivity contribution in [3.8, 4) is 0 Å². The van der Waals surface area contributed by atoms with Gasteiger partial charge in [0.15, 0.2) is 0 Å². The molecule has 4 nitrogen and oxygen atoms in total. The molecule has 0 aliphatic carbocycles. The summed E-state index contributed by atoms with van der Waals surface area (Å²) < 4.78 is 11.4. The van der Waals surface area contributed by atoms with Crippen molar-refractivity contribution in [3.05, 3.63) is 47.3 Å². The van der Waals surface area contributed by atoms with E-state index >= 15 is 0 Å². The Kier molecular flexibility index (Phi) is 3.51. The Hall–Kier alpha value is -1.97. The third-order valence-electron chi connectivity index (χ3n) is 3.41. The van der Waals surface area contributed by atoms with E-state index in [0.29, 0.717) is 6.42 Å². The van der Waals surface area contributed by atoms with Gasteiger partial charge in [-0.05, 0) is 51.5 Å². The van der Waals surface area contributed by atoms with Gasteiger partial charge in [-0.3, -0.25) is 4.79 Å². The fourth-order valence-electron chi connectivity index (χ4n) is 2.19. The highest BCUT2D eigenvalue weighted by Gasteiger charge is 2.35. The van der Waals surface area contributed by atoms with E-state index in [-0.39, 0.29) is 6.42 Å². The van der Waals surface area contributed by atoms with Gasteiger partial charge in [-0.25, -0.2) is 0 Å². The Bertz CT molecular complexity index is 536. The van der Waals surface area contributed by atoms with E-state index in [1.54, 1.807) is 0 Å². The summed E-state index contributed by atoms with van der Waals surface area (Å²) in [7, 11) is 0. The van der Waals surface area contributed by atoms with E-state index < -0.39 is 11.4 Å². The van der Waals surface area contributed by atoms with Crippen LogP contribution in [-0.4, -0.2) is 11.1 Å². The van der Waals surface area contributed by atoms with Crippen molar-refractivity contribution in [2.45, 2.75) is 39.0 Å². The Labute approximate surface area is 112 Å². The van der Waals surface area contributed by atoms with Gasteiger partial charge in [0.1, 0.15) is 23.0 Å². The number of carbonyl (C=O) groups is 1. The molecule has 2 aromatic rings. The summed E-state index contributed by atoms with van der Waals surface area (Å²) in [6.45, 7) is 5.69. The zero-order valence-electron chi connectivity index (χ0n) is 11.4. The first-order chi connectivity index (χ1) is 8.91. The van der Waals surface area contributed by atoms with Crippen molar-refractivity contribution in [1.29, 1.82) is 0 Å². The fourth-order valence-corrected chi connectivity index (χ4v) is 2.19. The zero-order valence-corrected chi connectivity index (χ0v) is 11.4. The Morgan fingerprint density at radius 1 is 1.11 bits per heavy atom. The van der Waals surface area contributed by atoms with Crippen LogP contribution in [-0.2, 0) is 10.2 Å². The molecule has 1 N–H and O–H groups in total. The fraction of sp³-hybridized carbons (Fsp3) is 0.400. The number of carboxylic acid groups (broad SMARTS) is 1. The van der Waals surface area contributed by atoms with Crippen LogP contribution < -0.4 is 0 Å². The molecule has 2 heterocycles. The average Bonchev–Trinajstić information content (AvgIpc) is 2.95. The molecule has 102 valence electrons. The lowest BCUT2D eigenvalue weighted by Crippen LogP contribution is -2.23. The Balaban J connectivity index is 2.40. The minimum absolute atomic E-state index is 0.0655. The number of carboxylic acids is 1. The third kappa shape index (κ3) is 2.72. The lowest BCUT2D eigenvalue weighted by Gasteiger charge is -2.24. The first kappa shape index (κ1) is 13.5. The largest absolute Gasteiger partial charge is 0.481 e. The second kappa shape index (κ2) is 4.96. The first-order valence-corrected chi connectivity index (χ1v) is 6.27. The molecule has 4 heteroatoms. The predicted molar refractivity (Wildman–Crippen MR) is 70.2 cm³/mol. The summed E-state index contributed by atoms with van der Waals surface area (Å²) in [5.41, 5.74) is -0.555. The van der Waals surface area contributed by atoms with Crippen molar-refractivity contribution in [1.82, 2.24) is 0 Å². The number of furan rings is 2. The molecule has 0 saturated carbocycles. The highest BCUT2D eigenvalue weighted by molar-refractivity contribution is 5.67. The van der Waals surface area contributed by atoms with Crippen LogP contribution in [0.25, 0.3) is 0 Å². The van der Waals surface area contributed by atoms with Crippen molar-refractivity contribution >= 4 is 5.97 Å². The van der Waals surface area contributed by atoms with Crippen molar-refractivity contribution in [3.63, 3.8) is 0 Å². The summed E-state index contributed by atoms with van der Waals surface area (Å²) in [6, 6.07) is 7.53. The Morgan fingerprint density at radius 3 is 1.89 bits per heavy atom. The highest BCUT2D eigenvalue weighted by atomic mass is 16.4. The van der Waals surface area contributed by atoms with E-state index in [4.69, 9.17) is 13.9 Å². The van der Waals surface area contributed by atoms with Crippen LogP contribution in [0.15, 0.2) is 33.1 Å². The summed E-state index contributed by atoms with van der Waals surface area (Å²) >= 11 is 0. The molecule has 0 radical (unpaired) electrons. The number of hydrogen-bond acceptors (Lipinski definition) is 3. The topological polar surface area (TPSA) is 63.6 Å². The summed E-state index contributed by atoms with van der Waals surface area (Å²) in [5, 5.41) is 8.92. The van der Waals surface area contributed by atoms with Crippen LogP contribution in [0.3, 0.4) is 0 Å². The second-order valence-corrected chi connectivity index (χ2v) is 5.05. The molecule has 0 aliphatic rings. The maximum absolute atomic E-state index is 10.9. The van der Waals surface area contributed by atoms with Gasteiger partial charge >= 0.3 is 5.97 Å². The predicted octanol–water partition coefficient (Wildman–Crippen LogP) is 3.66. The monoisotopic (exact) mass is 262 g/mol. The van der Waals surface area contributed by atoms with Crippen LogP contribution in [0.2, 0.25) is 0 Å².